The maximum absolute atomic E-state index is 11.8. The fraction of sp³-hybridized carbons (Fsp3) is 0.273. The topological polar surface area (TPSA) is 137 Å². The summed E-state index contributed by atoms with van der Waals surface area (Å²) in [6.07, 6.45) is 0. The number of carboxylic acid groups (broad SMARTS) is 2. The molecule has 0 aliphatic rings. The molecular weight excluding hydrogens is 388 g/mol. The summed E-state index contributed by atoms with van der Waals surface area (Å²) in [7, 11) is 1.40. The van der Waals surface area contributed by atoms with Gasteiger partial charge in [-0.2, -0.15) is 5.26 Å². The van der Waals surface area contributed by atoms with Gasteiger partial charge in [-0.15, -0.1) is 0 Å². The van der Waals surface area contributed by atoms with E-state index >= 15 is 0 Å². The third kappa shape index (κ3) is 7.37. The zero-order valence-corrected chi connectivity index (χ0v) is 17.0. The number of carboxylic acids is 2. The van der Waals surface area contributed by atoms with Gasteiger partial charge in [-0.3, -0.25) is 4.79 Å². The van der Waals surface area contributed by atoms with Crippen LogP contribution in [0.2, 0.25) is 0 Å². The molecule has 0 heterocycles. The van der Waals surface area contributed by atoms with Crippen molar-refractivity contribution >= 4 is 17.9 Å². The molecule has 2 aromatic rings. The van der Waals surface area contributed by atoms with Crippen LogP contribution in [-0.4, -0.2) is 41.3 Å². The molecule has 8 heteroatoms. The Morgan fingerprint density at radius 1 is 1.03 bits per heavy atom. The molecule has 2 rings (SSSR count). The van der Waals surface area contributed by atoms with Gasteiger partial charge >= 0.3 is 17.9 Å². The van der Waals surface area contributed by atoms with E-state index in [0.29, 0.717) is 12.1 Å². The summed E-state index contributed by atoms with van der Waals surface area (Å²) in [6.45, 7) is 4.55. The molecule has 30 heavy (non-hydrogen) atoms. The number of carbonyl (C=O) groups is 3. The molecule has 8 nitrogen and oxygen atoms in total. The van der Waals surface area contributed by atoms with Crippen LogP contribution in [0.5, 0.6) is 0 Å². The maximum Gasteiger partial charge on any atom is 0.414 e. The average molecular weight is 412 g/mol. The zero-order chi connectivity index (χ0) is 22.7. The van der Waals surface area contributed by atoms with Crippen molar-refractivity contribution in [3.63, 3.8) is 0 Å². The number of nitrogens with zero attached hydrogens (tertiary/aromatic N) is 1. The minimum absolute atomic E-state index is 0.152. The predicted molar refractivity (Wildman–Crippen MR) is 109 cm³/mol. The number of nitriles is 1. The number of hydrogen-bond donors (Lipinski definition) is 3. The molecule has 0 spiro atoms. The molecule has 0 aliphatic carbocycles. The van der Waals surface area contributed by atoms with Crippen molar-refractivity contribution in [1.82, 2.24) is 5.32 Å². The van der Waals surface area contributed by atoms with Crippen molar-refractivity contribution in [2.45, 2.75) is 26.4 Å². The van der Waals surface area contributed by atoms with Crippen molar-refractivity contribution in [2.75, 3.05) is 7.11 Å². The van der Waals surface area contributed by atoms with E-state index in [-0.39, 0.29) is 17.9 Å². The Bertz CT molecular complexity index is 904. The van der Waals surface area contributed by atoms with Crippen LogP contribution >= 0.6 is 0 Å². The van der Waals surface area contributed by atoms with Crippen molar-refractivity contribution in [3.05, 3.63) is 59.7 Å². The van der Waals surface area contributed by atoms with Crippen LogP contribution in [0.25, 0.3) is 11.1 Å². The first-order valence-corrected chi connectivity index (χ1v) is 9.07. The lowest BCUT2D eigenvalue weighted by atomic mass is 9.99. The second-order valence-corrected chi connectivity index (χ2v) is 6.59. The van der Waals surface area contributed by atoms with Crippen LogP contribution in [0.3, 0.4) is 0 Å². The van der Waals surface area contributed by atoms with E-state index in [1.54, 1.807) is 0 Å². The van der Waals surface area contributed by atoms with E-state index in [1.165, 1.54) is 7.11 Å². The molecule has 0 radical (unpaired) electrons. The molecule has 0 aromatic heterocycles. The minimum atomic E-state index is -1.82. The van der Waals surface area contributed by atoms with Crippen LogP contribution in [-0.2, 0) is 25.7 Å². The number of esters is 1. The maximum atomic E-state index is 11.8. The molecule has 0 unspecified atom stereocenters. The smallest absolute Gasteiger partial charge is 0.414 e. The normalized spacial score (nSPS) is 10.9. The van der Waals surface area contributed by atoms with Crippen LogP contribution in [0.4, 0.5) is 0 Å². The second-order valence-electron chi connectivity index (χ2n) is 6.59. The van der Waals surface area contributed by atoms with E-state index < -0.39 is 11.9 Å². The lowest BCUT2D eigenvalue weighted by Crippen LogP contribution is -2.41. The lowest BCUT2D eigenvalue weighted by molar-refractivity contribution is -0.159. The molecule has 0 amide bonds. The van der Waals surface area contributed by atoms with Crippen LogP contribution in [0, 0.1) is 17.2 Å². The van der Waals surface area contributed by atoms with Gasteiger partial charge in [0.2, 0.25) is 0 Å². The number of rotatable bonds is 6. The van der Waals surface area contributed by atoms with Gasteiger partial charge in [0.1, 0.15) is 6.04 Å². The second kappa shape index (κ2) is 12.0. The SMILES string of the molecule is COC(=O)[C@@H](NCc1ccc(-c2ccccc2C#N)cc1)C(C)C.O=C(O)C(=O)O. The van der Waals surface area contributed by atoms with Gasteiger partial charge in [0.25, 0.3) is 0 Å². The Hall–Kier alpha value is -3.70. The van der Waals surface area contributed by atoms with Gasteiger partial charge in [-0.25, -0.2) is 9.59 Å². The van der Waals surface area contributed by atoms with Crippen molar-refractivity contribution in [3.8, 4) is 17.2 Å². The number of methoxy groups -OCH3 is 1. The monoisotopic (exact) mass is 412 g/mol. The molecule has 158 valence electrons. The summed E-state index contributed by atoms with van der Waals surface area (Å²) in [5, 5.41) is 27.2. The van der Waals surface area contributed by atoms with Crippen LogP contribution in [0.15, 0.2) is 48.5 Å². The van der Waals surface area contributed by atoms with Crippen LogP contribution < -0.4 is 5.32 Å². The van der Waals surface area contributed by atoms with Gasteiger partial charge in [-0.05, 0) is 28.7 Å². The number of ether oxygens (including phenoxy) is 1. The summed E-state index contributed by atoms with van der Waals surface area (Å²) in [5.41, 5.74) is 3.66. The first-order chi connectivity index (χ1) is 14.2. The molecule has 0 bridgehead atoms. The highest BCUT2D eigenvalue weighted by Gasteiger charge is 2.22. The molecule has 0 saturated carbocycles. The van der Waals surface area contributed by atoms with E-state index in [2.05, 4.69) is 11.4 Å². The third-order valence-electron chi connectivity index (χ3n) is 4.14. The first kappa shape index (κ1) is 24.3. The molecule has 3 N–H and O–H groups in total. The Morgan fingerprint density at radius 3 is 2.07 bits per heavy atom. The van der Waals surface area contributed by atoms with E-state index in [9.17, 15) is 10.1 Å². The van der Waals surface area contributed by atoms with Crippen molar-refractivity contribution in [1.29, 1.82) is 5.26 Å². The predicted octanol–water partition coefficient (Wildman–Crippen LogP) is 2.67. The highest BCUT2D eigenvalue weighted by Crippen LogP contribution is 2.23. The van der Waals surface area contributed by atoms with Gasteiger partial charge in [0.15, 0.2) is 0 Å². The molecular formula is C22H24N2O6. The quantitative estimate of drug-likeness (QED) is 0.486. The number of nitrogens with one attached hydrogen (secondary N) is 1. The number of benzene rings is 2. The Balaban J connectivity index is 0.000000656. The molecule has 2 aromatic carbocycles. The molecule has 1 atom stereocenters. The number of carbonyl (C=O) groups excluding carboxylic acids is 1. The van der Waals surface area contributed by atoms with E-state index in [4.69, 9.17) is 24.5 Å². The van der Waals surface area contributed by atoms with E-state index in [0.717, 1.165) is 16.7 Å². The molecule has 0 fully saturated rings. The lowest BCUT2D eigenvalue weighted by Gasteiger charge is -2.20. The summed E-state index contributed by atoms with van der Waals surface area (Å²) in [4.78, 5) is 30.0. The van der Waals surface area contributed by atoms with Gasteiger partial charge in [0, 0.05) is 6.54 Å². The van der Waals surface area contributed by atoms with Gasteiger partial charge in [-0.1, -0.05) is 56.3 Å². The first-order valence-electron chi connectivity index (χ1n) is 9.07. The Kier molecular flexibility index (Phi) is 9.73. The highest BCUT2D eigenvalue weighted by molar-refractivity contribution is 6.27. The average Bonchev–Trinajstić information content (AvgIpc) is 2.74. The number of aliphatic carboxylic acids is 2. The highest BCUT2D eigenvalue weighted by atomic mass is 16.5. The van der Waals surface area contributed by atoms with Crippen LogP contribution in [0.1, 0.15) is 25.0 Å². The third-order valence-corrected chi connectivity index (χ3v) is 4.14. The molecule has 0 saturated heterocycles. The summed E-state index contributed by atoms with van der Waals surface area (Å²) in [5.74, 6) is -3.74. The molecule has 0 aliphatic heterocycles. The minimum Gasteiger partial charge on any atom is -0.473 e. The van der Waals surface area contributed by atoms with E-state index in [1.807, 2.05) is 62.4 Å². The fourth-order valence-corrected chi connectivity index (χ4v) is 2.58. The summed E-state index contributed by atoms with van der Waals surface area (Å²) in [6, 6.07) is 17.4. The fourth-order valence-electron chi connectivity index (χ4n) is 2.58. The standard InChI is InChI=1S/C20H22N2O2.C2H2O4/c1-14(2)19(20(23)24-3)22-13-15-8-10-16(11-9-15)18-7-5-4-6-17(18)12-21;3-1(4)2(5)6/h4-11,14,19,22H,13H2,1-3H3;(H,3,4)(H,5,6)/t19-;/m0./s1. The Morgan fingerprint density at radius 2 is 1.60 bits per heavy atom. The van der Waals surface area contributed by atoms with Crippen molar-refractivity contribution < 1.29 is 29.3 Å². The largest absolute Gasteiger partial charge is 0.473 e. The summed E-state index contributed by atoms with van der Waals surface area (Å²) >= 11 is 0. The summed E-state index contributed by atoms with van der Waals surface area (Å²) < 4.78 is 4.83. The van der Waals surface area contributed by atoms with Gasteiger partial charge in [0.05, 0.1) is 18.7 Å². The number of hydrogen-bond acceptors (Lipinski definition) is 6. The Labute approximate surface area is 174 Å². The zero-order valence-electron chi connectivity index (χ0n) is 17.0. The van der Waals surface area contributed by atoms with Crippen molar-refractivity contribution in [2.24, 2.45) is 5.92 Å². The van der Waals surface area contributed by atoms with Gasteiger partial charge < -0.3 is 20.3 Å².